The van der Waals surface area contributed by atoms with Gasteiger partial charge >= 0.3 is 0 Å². The monoisotopic (exact) mass is 436 g/mol. The minimum absolute atomic E-state index is 0.00424. The van der Waals surface area contributed by atoms with Crippen LogP contribution in [0.4, 0.5) is 10.3 Å². The highest BCUT2D eigenvalue weighted by Gasteiger charge is 2.38. The summed E-state index contributed by atoms with van der Waals surface area (Å²) in [6.45, 7) is 4.91. The Balaban J connectivity index is 1.62. The van der Waals surface area contributed by atoms with E-state index >= 15 is 0 Å². The summed E-state index contributed by atoms with van der Waals surface area (Å²) in [5.41, 5.74) is 2.68. The number of halogens is 1. The zero-order valence-corrected chi connectivity index (χ0v) is 19.2. The van der Waals surface area contributed by atoms with Crippen LogP contribution in [-0.2, 0) is 17.3 Å². The number of carbonyl (C=O) groups is 1. The number of hydrogen-bond acceptors (Lipinski definition) is 5. The molecular formula is C24H29FN6O. The van der Waals surface area contributed by atoms with Crippen LogP contribution in [0.2, 0.25) is 0 Å². The molecule has 0 N–H and O–H groups in total. The van der Waals surface area contributed by atoms with E-state index in [-0.39, 0.29) is 17.6 Å². The molecule has 1 fully saturated rings. The maximum atomic E-state index is 13.8. The molecule has 1 aromatic carbocycles. The lowest BCUT2D eigenvalue weighted by Crippen LogP contribution is -2.42. The SMILES string of the molecule is CN(C)c1ncc(-c2cnn(C)c2)c([C@@H]2CCN(C(=O)C(C)(C)c3cccc(F)c3)C2)n1. The van der Waals surface area contributed by atoms with Crippen molar-refractivity contribution in [1.29, 1.82) is 0 Å². The number of likely N-dealkylation sites (tertiary alicyclic amines) is 1. The highest BCUT2D eigenvalue weighted by molar-refractivity contribution is 5.87. The fraction of sp³-hybridized carbons (Fsp3) is 0.417. The molecule has 7 nitrogen and oxygen atoms in total. The molecule has 0 aliphatic carbocycles. The lowest BCUT2D eigenvalue weighted by atomic mass is 9.83. The Labute approximate surface area is 187 Å². The second kappa shape index (κ2) is 8.33. The van der Waals surface area contributed by atoms with Gasteiger partial charge in [-0.2, -0.15) is 5.10 Å². The number of hydrogen-bond donors (Lipinski definition) is 0. The zero-order valence-electron chi connectivity index (χ0n) is 19.2. The van der Waals surface area contributed by atoms with Crippen molar-refractivity contribution in [3.8, 4) is 11.1 Å². The highest BCUT2D eigenvalue weighted by Crippen LogP contribution is 2.36. The van der Waals surface area contributed by atoms with Gasteiger partial charge in [0, 0.05) is 63.7 Å². The third-order valence-electron chi connectivity index (χ3n) is 6.16. The van der Waals surface area contributed by atoms with Crippen LogP contribution < -0.4 is 4.90 Å². The van der Waals surface area contributed by atoms with Gasteiger partial charge in [0.2, 0.25) is 11.9 Å². The van der Waals surface area contributed by atoms with Gasteiger partial charge in [0.05, 0.1) is 17.3 Å². The minimum atomic E-state index is -0.816. The van der Waals surface area contributed by atoms with E-state index in [0.717, 1.165) is 23.2 Å². The third kappa shape index (κ3) is 4.09. The first kappa shape index (κ1) is 21.9. The molecule has 0 radical (unpaired) electrons. The van der Waals surface area contributed by atoms with Crippen molar-refractivity contribution in [2.75, 3.05) is 32.1 Å². The van der Waals surface area contributed by atoms with E-state index in [1.165, 1.54) is 12.1 Å². The van der Waals surface area contributed by atoms with Gasteiger partial charge in [-0.25, -0.2) is 14.4 Å². The minimum Gasteiger partial charge on any atom is -0.347 e. The maximum absolute atomic E-state index is 13.8. The van der Waals surface area contributed by atoms with E-state index in [1.54, 1.807) is 10.7 Å². The van der Waals surface area contributed by atoms with E-state index in [9.17, 15) is 9.18 Å². The molecule has 32 heavy (non-hydrogen) atoms. The molecule has 1 amide bonds. The molecule has 1 aliphatic rings. The second-order valence-corrected chi connectivity index (χ2v) is 9.14. The molecule has 3 aromatic rings. The molecule has 168 valence electrons. The average Bonchev–Trinajstić information content (AvgIpc) is 3.42. The van der Waals surface area contributed by atoms with Crippen molar-refractivity contribution < 1.29 is 9.18 Å². The van der Waals surface area contributed by atoms with E-state index in [1.807, 2.05) is 69.4 Å². The first-order valence-electron chi connectivity index (χ1n) is 10.8. The largest absolute Gasteiger partial charge is 0.347 e. The smallest absolute Gasteiger partial charge is 0.232 e. The Kier molecular flexibility index (Phi) is 5.71. The Morgan fingerprint density at radius 1 is 1.25 bits per heavy atom. The Morgan fingerprint density at radius 2 is 2.03 bits per heavy atom. The summed E-state index contributed by atoms with van der Waals surface area (Å²) < 4.78 is 15.5. The van der Waals surface area contributed by atoms with E-state index < -0.39 is 5.41 Å². The molecule has 8 heteroatoms. The van der Waals surface area contributed by atoms with Crippen LogP contribution in [0.15, 0.2) is 42.9 Å². The van der Waals surface area contributed by atoms with Crippen LogP contribution in [0, 0.1) is 5.82 Å². The second-order valence-electron chi connectivity index (χ2n) is 9.14. The van der Waals surface area contributed by atoms with Gasteiger partial charge in [-0.3, -0.25) is 9.48 Å². The van der Waals surface area contributed by atoms with Crippen LogP contribution in [0.1, 0.15) is 37.4 Å². The molecule has 1 atom stereocenters. The van der Waals surface area contributed by atoms with E-state index in [2.05, 4.69) is 10.1 Å². The van der Waals surface area contributed by atoms with Gasteiger partial charge in [0.25, 0.3) is 0 Å². The fourth-order valence-corrected chi connectivity index (χ4v) is 4.26. The van der Waals surface area contributed by atoms with E-state index in [0.29, 0.717) is 24.6 Å². The molecule has 3 heterocycles. The molecule has 1 saturated heterocycles. The number of anilines is 1. The Bertz CT molecular complexity index is 1140. The average molecular weight is 437 g/mol. The summed E-state index contributed by atoms with van der Waals surface area (Å²) in [5, 5.41) is 4.29. The molecule has 4 rings (SSSR count). The Morgan fingerprint density at radius 3 is 2.69 bits per heavy atom. The third-order valence-corrected chi connectivity index (χ3v) is 6.16. The molecule has 0 unspecified atom stereocenters. The maximum Gasteiger partial charge on any atom is 0.232 e. The van der Waals surface area contributed by atoms with Crippen molar-refractivity contribution in [1.82, 2.24) is 24.6 Å². The molecule has 0 spiro atoms. The summed E-state index contributed by atoms with van der Waals surface area (Å²) in [6.07, 6.45) is 6.41. The van der Waals surface area contributed by atoms with Gasteiger partial charge in [-0.1, -0.05) is 12.1 Å². The number of amides is 1. The molecule has 0 bridgehead atoms. The van der Waals surface area contributed by atoms with Crippen molar-refractivity contribution in [2.24, 2.45) is 7.05 Å². The van der Waals surface area contributed by atoms with Gasteiger partial charge in [-0.05, 0) is 38.0 Å². The summed E-state index contributed by atoms with van der Waals surface area (Å²) in [6, 6.07) is 6.30. The fourth-order valence-electron chi connectivity index (χ4n) is 4.26. The predicted molar refractivity (Wildman–Crippen MR) is 122 cm³/mol. The zero-order chi connectivity index (χ0) is 23.0. The van der Waals surface area contributed by atoms with Crippen LogP contribution in [0.5, 0.6) is 0 Å². The number of rotatable bonds is 5. The number of aromatic nitrogens is 4. The van der Waals surface area contributed by atoms with Gasteiger partial charge in [0.15, 0.2) is 0 Å². The van der Waals surface area contributed by atoms with Crippen LogP contribution in [0.3, 0.4) is 0 Å². The first-order valence-corrected chi connectivity index (χ1v) is 10.8. The predicted octanol–water partition coefficient (Wildman–Crippen LogP) is 3.38. The first-order chi connectivity index (χ1) is 15.2. The molecule has 1 aliphatic heterocycles. The lowest BCUT2D eigenvalue weighted by molar-refractivity contribution is -0.135. The number of aryl methyl sites for hydroxylation is 1. The highest BCUT2D eigenvalue weighted by atomic mass is 19.1. The summed E-state index contributed by atoms with van der Waals surface area (Å²) in [5.74, 6) is 0.382. The van der Waals surface area contributed by atoms with Gasteiger partial charge in [-0.15, -0.1) is 0 Å². The quantitative estimate of drug-likeness (QED) is 0.614. The Hall–Kier alpha value is -3.29. The van der Waals surface area contributed by atoms with Crippen molar-refractivity contribution in [2.45, 2.75) is 31.6 Å². The van der Waals surface area contributed by atoms with Gasteiger partial charge < -0.3 is 9.80 Å². The van der Waals surface area contributed by atoms with Crippen molar-refractivity contribution >= 4 is 11.9 Å². The van der Waals surface area contributed by atoms with Crippen LogP contribution >= 0.6 is 0 Å². The number of nitrogens with zero attached hydrogens (tertiary/aromatic N) is 6. The van der Waals surface area contributed by atoms with E-state index in [4.69, 9.17) is 4.98 Å². The summed E-state index contributed by atoms with van der Waals surface area (Å²) in [7, 11) is 5.70. The van der Waals surface area contributed by atoms with Gasteiger partial charge in [0.1, 0.15) is 5.82 Å². The molecular weight excluding hydrogens is 407 g/mol. The van der Waals surface area contributed by atoms with Crippen molar-refractivity contribution in [3.05, 3.63) is 59.9 Å². The molecule has 2 aromatic heterocycles. The topological polar surface area (TPSA) is 67.2 Å². The van der Waals surface area contributed by atoms with Crippen molar-refractivity contribution in [3.63, 3.8) is 0 Å². The van der Waals surface area contributed by atoms with Crippen LogP contribution in [-0.4, -0.2) is 57.7 Å². The summed E-state index contributed by atoms with van der Waals surface area (Å²) >= 11 is 0. The molecule has 0 saturated carbocycles. The standard InChI is InChI=1S/C24H29FN6O/c1-24(2,18-7-6-8-19(25)11-18)22(32)31-10-9-16(15-31)21-20(17-12-27-30(5)14-17)13-26-23(28-21)29(3)4/h6-8,11-14,16H,9-10,15H2,1-5H3/t16-/m1/s1. The summed E-state index contributed by atoms with van der Waals surface area (Å²) in [4.78, 5) is 26.5. The normalized spacial score (nSPS) is 16.4. The lowest BCUT2D eigenvalue weighted by Gasteiger charge is -2.30. The number of benzene rings is 1. The number of carbonyl (C=O) groups excluding carboxylic acids is 1. The van der Waals surface area contributed by atoms with Crippen LogP contribution in [0.25, 0.3) is 11.1 Å².